The van der Waals surface area contributed by atoms with Gasteiger partial charge in [0.25, 0.3) is 0 Å². The Bertz CT molecular complexity index is 545. The Morgan fingerprint density at radius 3 is 2.68 bits per heavy atom. The number of nitrogens with zero attached hydrogens (tertiary/aromatic N) is 4. The molecule has 19 heavy (non-hydrogen) atoms. The number of benzene rings is 1. The molecule has 1 heterocycles. The third-order valence-corrected chi connectivity index (χ3v) is 2.49. The molecule has 0 atom stereocenters. The number of hydrogen-bond acceptors (Lipinski definition) is 6. The highest BCUT2D eigenvalue weighted by Crippen LogP contribution is 2.18. The van der Waals surface area contributed by atoms with Gasteiger partial charge in [0.15, 0.2) is 0 Å². The van der Waals surface area contributed by atoms with Gasteiger partial charge in [-0.2, -0.15) is 4.98 Å². The van der Waals surface area contributed by atoms with Crippen molar-refractivity contribution in [2.45, 2.75) is 6.92 Å². The molecule has 0 radical (unpaired) electrons. The van der Waals surface area contributed by atoms with Crippen LogP contribution in [0.3, 0.4) is 0 Å². The van der Waals surface area contributed by atoms with Crippen molar-refractivity contribution in [3.8, 4) is 11.8 Å². The second-order valence-electron chi connectivity index (χ2n) is 4.33. The summed E-state index contributed by atoms with van der Waals surface area (Å²) < 4.78 is 10.9. The molecule has 6 nitrogen and oxygen atoms in total. The van der Waals surface area contributed by atoms with Crippen LogP contribution in [0.2, 0.25) is 0 Å². The number of likely N-dealkylation sites (N-methyl/N-ethyl adjacent to an activating group) is 1. The first kappa shape index (κ1) is 13.5. The highest BCUT2D eigenvalue weighted by molar-refractivity contribution is 5.75. The van der Waals surface area contributed by atoms with Crippen molar-refractivity contribution in [2.24, 2.45) is 0 Å². The highest BCUT2D eigenvalue weighted by Gasteiger charge is 2.04. The minimum atomic E-state index is 0.292. The van der Waals surface area contributed by atoms with Gasteiger partial charge >= 0.3 is 6.01 Å². The van der Waals surface area contributed by atoms with Gasteiger partial charge in [-0.3, -0.25) is 0 Å². The number of hydrogen-bond donors (Lipinski definition) is 0. The van der Waals surface area contributed by atoms with Crippen LogP contribution < -0.4 is 9.47 Å². The van der Waals surface area contributed by atoms with Crippen molar-refractivity contribution in [3.05, 3.63) is 18.2 Å². The molecular formula is C13H18N4O2. The topological polar surface area (TPSA) is 60.4 Å². The van der Waals surface area contributed by atoms with E-state index in [-0.39, 0.29) is 0 Å². The molecular weight excluding hydrogens is 244 g/mol. The van der Waals surface area contributed by atoms with Crippen molar-refractivity contribution in [1.29, 1.82) is 0 Å². The average Bonchev–Trinajstić information content (AvgIpc) is 2.38. The molecule has 1 aromatic heterocycles. The second-order valence-corrected chi connectivity index (χ2v) is 4.33. The summed E-state index contributed by atoms with van der Waals surface area (Å²) in [5, 5.41) is 7.93. The Morgan fingerprint density at radius 1 is 1.11 bits per heavy atom. The Labute approximate surface area is 112 Å². The third-order valence-electron chi connectivity index (χ3n) is 2.49. The zero-order valence-electron chi connectivity index (χ0n) is 11.5. The molecule has 0 saturated carbocycles. The smallest absolute Gasteiger partial charge is 0.336 e. The lowest BCUT2D eigenvalue weighted by Crippen LogP contribution is -2.19. The minimum absolute atomic E-state index is 0.292. The van der Waals surface area contributed by atoms with Crippen LogP contribution in [0.15, 0.2) is 18.2 Å². The number of ether oxygens (including phenoxy) is 2. The molecule has 102 valence electrons. The molecule has 0 bridgehead atoms. The second kappa shape index (κ2) is 6.29. The summed E-state index contributed by atoms with van der Waals surface area (Å²) >= 11 is 0. The van der Waals surface area contributed by atoms with Crippen molar-refractivity contribution < 1.29 is 9.47 Å². The maximum absolute atomic E-state index is 5.65. The lowest BCUT2D eigenvalue weighted by Gasteiger charge is -2.11. The number of rotatable bonds is 6. The van der Waals surface area contributed by atoms with E-state index in [2.05, 4.69) is 20.1 Å². The van der Waals surface area contributed by atoms with Crippen molar-refractivity contribution in [2.75, 3.05) is 33.9 Å². The van der Waals surface area contributed by atoms with Crippen LogP contribution in [0.5, 0.6) is 11.8 Å². The van der Waals surface area contributed by atoms with Gasteiger partial charge in [-0.05, 0) is 33.2 Å². The van der Waals surface area contributed by atoms with E-state index in [9.17, 15) is 0 Å². The normalized spacial score (nSPS) is 10.9. The zero-order chi connectivity index (χ0) is 13.7. The molecule has 2 aromatic rings. The van der Waals surface area contributed by atoms with Gasteiger partial charge in [-0.1, -0.05) is 5.10 Å². The Morgan fingerprint density at radius 2 is 1.95 bits per heavy atom. The van der Waals surface area contributed by atoms with Gasteiger partial charge in [-0.15, -0.1) is 5.10 Å². The predicted octanol–water partition coefficient (Wildman–Crippen LogP) is 1.36. The molecule has 0 amide bonds. The van der Waals surface area contributed by atoms with Crippen molar-refractivity contribution in [3.63, 3.8) is 0 Å². The van der Waals surface area contributed by atoms with Crippen molar-refractivity contribution in [1.82, 2.24) is 20.1 Å². The molecule has 6 heteroatoms. The molecule has 1 aromatic carbocycles. The van der Waals surface area contributed by atoms with E-state index < -0.39 is 0 Å². The van der Waals surface area contributed by atoms with E-state index in [1.807, 2.05) is 39.2 Å². The average molecular weight is 262 g/mol. The van der Waals surface area contributed by atoms with Crippen LogP contribution in [-0.4, -0.2) is 53.9 Å². The lowest BCUT2D eigenvalue weighted by molar-refractivity contribution is 0.261. The van der Waals surface area contributed by atoms with E-state index in [4.69, 9.17) is 9.47 Å². The van der Waals surface area contributed by atoms with Crippen LogP contribution in [-0.2, 0) is 0 Å². The Balaban J connectivity index is 2.13. The maximum Gasteiger partial charge on any atom is 0.336 e. The lowest BCUT2D eigenvalue weighted by atomic mass is 10.3. The van der Waals surface area contributed by atoms with Crippen LogP contribution >= 0.6 is 0 Å². The molecule has 0 unspecified atom stereocenters. The first-order chi connectivity index (χ1) is 9.19. The SMILES string of the molecule is CCOc1nnc2ccc(OCCN(C)C)cc2n1. The summed E-state index contributed by atoms with van der Waals surface area (Å²) in [4.78, 5) is 6.35. The standard InChI is InChI=1S/C13H18N4O2/c1-4-18-13-14-12-9-10(19-8-7-17(2)3)5-6-11(12)15-16-13/h5-6,9H,4,7-8H2,1-3H3. The molecule has 0 N–H and O–H groups in total. The highest BCUT2D eigenvalue weighted by atomic mass is 16.5. The van der Waals surface area contributed by atoms with Gasteiger partial charge in [0, 0.05) is 12.6 Å². The summed E-state index contributed by atoms with van der Waals surface area (Å²) in [6, 6.07) is 5.85. The third kappa shape index (κ3) is 3.75. The van der Waals surface area contributed by atoms with Crippen LogP contribution in [0.25, 0.3) is 11.0 Å². The minimum Gasteiger partial charge on any atom is -0.492 e. The molecule has 0 aliphatic carbocycles. The fraction of sp³-hybridized carbons (Fsp3) is 0.462. The van der Waals surface area contributed by atoms with Gasteiger partial charge in [0.2, 0.25) is 0 Å². The summed E-state index contributed by atoms with van der Waals surface area (Å²) in [6.07, 6.45) is 0. The summed E-state index contributed by atoms with van der Waals surface area (Å²) in [6.45, 7) is 3.90. The maximum atomic E-state index is 5.65. The molecule has 0 fully saturated rings. The molecule has 0 saturated heterocycles. The van der Waals surface area contributed by atoms with E-state index in [0.29, 0.717) is 19.2 Å². The van der Waals surface area contributed by atoms with Crippen molar-refractivity contribution >= 4 is 11.0 Å². The van der Waals surface area contributed by atoms with Crippen LogP contribution in [0.1, 0.15) is 6.92 Å². The van der Waals surface area contributed by atoms with E-state index >= 15 is 0 Å². The fourth-order valence-electron chi connectivity index (χ4n) is 1.53. The number of fused-ring (bicyclic) bond motifs is 1. The van der Waals surface area contributed by atoms with E-state index in [1.54, 1.807) is 0 Å². The van der Waals surface area contributed by atoms with Gasteiger partial charge < -0.3 is 14.4 Å². The predicted molar refractivity (Wildman–Crippen MR) is 72.6 cm³/mol. The van der Waals surface area contributed by atoms with Gasteiger partial charge in [0.1, 0.15) is 17.9 Å². The molecule has 0 aliphatic heterocycles. The van der Waals surface area contributed by atoms with Gasteiger partial charge in [0.05, 0.1) is 12.1 Å². The van der Waals surface area contributed by atoms with Crippen LogP contribution in [0, 0.1) is 0 Å². The van der Waals surface area contributed by atoms with E-state index in [1.165, 1.54) is 0 Å². The molecule has 2 rings (SSSR count). The Hall–Kier alpha value is -1.95. The van der Waals surface area contributed by atoms with Gasteiger partial charge in [-0.25, -0.2) is 0 Å². The quantitative estimate of drug-likeness (QED) is 0.783. The first-order valence-corrected chi connectivity index (χ1v) is 6.24. The molecule has 0 spiro atoms. The zero-order valence-corrected chi connectivity index (χ0v) is 11.5. The largest absolute Gasteiger partial charge is 0.492 e. The van der Waals surface area contributed by atoms with Crippen LogP contribution in [0.4, 0.5) is 0 Å². The molecule has 0 aliphatic rings. The number of aromatic nitrogens is 3. The Kier molecular flexibility index (Phi) is 4.46. The summed E-state index contributed by atoms with van der Waals surface area (Å²) in [7, 11) is 4.02. The summed E-state index contributed by atoms with van der Waals surface area (Å²) in [5.74, 6) is 0.775. The van der Waals surface area contributed by atoms with E-state index in [0.717, 1.165) is 23.3 Å². The monoisotopic (exact) mass is 262 g/mol. The summed E-state index contributed by atoms with van der Waals surface area (Å²) in [5.41, 5.74) is 1.45. The fourth-order valence-corrected chi connectivity index (χ4v) is 1.53. The first-order valence-electron chi connectivity index (χ1n) is 6.24.